The molecule has 3 heterocycles. The lowest BCUT2D eigenvalue weighted by Crippen LogP contribution is -1.94. The summed E-state index contributed by atoms with van der Waals surface area (Å²) >= 11 is 0. The third-order valence-corrected chi connectivity index (χ3v) is 8.97. The standard InChI is InChI=1S/C42H27N3/c1-2-12-31(13-3-1)45-40-24-28(32-20-21-33(29-10-8-22-43-26-29)35-15-5-4-14-34(32)35)18-19-38(40)42-37-17-7-6-16-36(37)39(25-41(42)45)30-11-9-23-44-27-30/h1-27H. The number of nitrogens with zero attached hydrogens (tertiary/aromatic N) is 3. The van der Waals surface area contributed by atoms with Crippen molar-refractivity contribution in [2.45, 2.75) is 0 Å². The molecule has 0 amide bonds. The quantitative estimate of drug-likeness (QED) is 0.210. The zero-order valence-corrected chi connectivity index (χ0v) is 24.4. The molecule has 9 aromatic rings. The molecule has 0 fully saturated rings. The summed E-state index contributed by atoms with van der Waals surface area (Å²) in [4.78, 5) is 8.84. The molecule has 0 saturated heterocycles. The van der Waals surface area contributed by atoms with Gasteiger partial charge in [0.25, 0.3) is 0 Å². The number of pyridine rings is 2. The number of fused-ring (bicyclic) bond motifs is 6. The van der Waals surface area contributed by atoms with Crippen LogP contribution in [0.3, 0.4) is 0 Å². The molecule has 210 valence electrons. The van der Waals surface area contributed by atoms with Crippen LogP contribution in [0.1, 0.15) is 0 Å². The van der Waals surface area contributed by atoms with Crippen molar-refractivity contribution in [2.24, 2.45) is 0 Å². The largest absolute Gasteiger partial charge is 0.309 e. The van der Waals surface area contributed by atoms with Gasteiger partial charge in [-0.15, -0.1) is 0 Å². The Morgan fingerprint density at radius 1 is 0.378 bits per heavy atom. The number of hydrogen-bond donors (Lipinski definition) is 0. The van der Waals surface area contributed by atoms with Crippen molar-refractivity contribution >= 4 is 43.4 Å². The SMILES string of the molecule is c1ccc(-n2c3cc(-c4ccc(-c5cccnc5)c5ccccc45)ccc3c3c4ccccc4c(-c4cccnc4)cc32)cc1. The Balaban J connectivity index is 1.37. The van der Waals surface area contributed by atoms with Crippen LogP contribution in [0.15, 0.2) is 164 Å². The van der Waals surface area contributed by atoms with E-state index < -0.39 is 0 Å². The average Bonchev–Trinajstić information content (AvgIpc) is 3.45. The molecule has 0 aliphatic carbocycles. The van der Waals surface area contributed by atoms with Gasteiger partial charge >= 0.3 is 0 Å². The van der Waals surface area contributed by atoms with Gasteiger partial charge in [0.1, 0.15) is 0 Å². The Hall–Kier alpha value is -6.06. The maximum absolute atomic E-state index is 4.46. The van der Waals surface area contributed by atoms with Crippen molar-refractivity contribution in [3.05, 3.63) is 164 Å². The molecule has 0 saturated carbocycles. The number of rotatable bonds is 4. The zero-order valence-electron chi connectivity index (χ0n) is 24.4. The summed E-state index contributed by atoms with van der Waals surface area (Å²) in [5.41, 5.74) is 10.5. The minimum atomic E-state index is 1.11. The second kappa shape index (κ2) is 10.3. The Morgan fingerprint density at radius 2 is 0.956 bits per heavy atom. The molecule has 3 heteroatoms. The zero-order chi connectivity index (χ0) is 29.7. The van der Waals surface area contributed by atoms with E-state index in [1.165, 1.54) is 65.6 Å². The van der Waals surface area contributed by atoms with E-state index in [9.17, 15) is 0 Å². The lowest BCUT2D eigenvalue weighted by Gasteiger charge is -2.13. The molecule has 0 N–H and O–H groups in total. The van der Waals surface area contributed by atoms with Gasteiger partial charge in [0.2, 0.25) is 0 Å². The number of benzene rings is 6. The van der Waals surface area contributed by atoms with E-state index >= 15 is 0 Å². The van der Waals surface area contributed by atoms with Crippen molar-refractivity contribution in [2.75, 3.05) is 0 Å². The molecular formula is C42H27N3. The first-order valence-electron chi connectivity index (χ1n) is 15.2. The van der Waals surface area contributed by atoms with Crippen LogP contribution in [0.2, 0.25) is 0 Å². The highest BCUT2D eigenvalue weighted by Crippen LogP contribution is 2.43. The smallest absolute Gasteiger partial charge is 0.0553 e. The average molecular weight is 574 g/mol. The Labute approximate surface area is 260 Å². The second-order valence-electron chi connectivity index (χ2n) is 11.5. The van der Waals surface area contributed by atoms with Crippen LogP contribution in [0.5, 0.6) is 0 Å². The van der Waals surface area contributed by atoms with E-state index in [1.54, 1.807) is 0 Å². The molecule has 0 atom stereocenters. The molecule has 45 heavy (non-hydrogen) atoms. The van der Waals surface area contributed by atoms with E-state index in [1.807, 2.05) is 36.9 Å². The van der Waals surface area contributed by atoms with Gasteiger partial charge in [-0.2, -0.15) is 0 Å². The summed E-state index contributed by atoms with van der Waals surface area (Å²) in [6.45, 7) is 0. The molecule has 0 bridgehead atoms. The molecule has 3 aromatic heterocycles. The predicted molar refractivity (Wildman–Crippen MR) is 188 cm³/mol. The fourth-order valence-corrected chi connectivity index (χ4v) is 6.99. The van der Waals surface area contributed by atoms with Crippen molar-refractivity contribution < 1.29 is 0 Å². The first-order valence-corrected chi connectivity index (χ1v) is 15.2. The molecule has 6 aromatic carbocycles. The van der Waals surface area contributed by atoms with Crippen LogP contribution >= 0.6 is 0 Å². The first kappa shape index (κ1) is 25.4. The van der Waals surface area contributed by atoms with Gasteiger partial charge in [-0.1, -0.05) is 103 Å². The van der Waals surface area contributed by atoms with Crippen LogP contribution in [0, 0.1) is 0 Å². The monoisotopic (exact) mass is 573 g/mol. The summed E-state index contributed by atoms with van der Waals surface area (Å²) < 4.78 is 2.42. The van der Waals surface area contributed by atoms with E-state index in [2.05, 4.69) is 142 Å². The number of aromatic nitrogens is 3. The van der Waals surface area contributed by atoms with Crippen LogP contribution < -0.4 is 0 Å². The second-order valence-corrected chi connectivity index (χ2v) is 11.5. The molecule has 3 nitrogen and oxygen atoms in total. The molecule has 0 aliphatic heterocycles. The van der Waals surface area contributed by atoms with Gasteiger partial charge in [-0.25, -0.2) is 0 Å². The highest BCUT2D eigenvalue weighted by Gasteiger charge is 2.19. The topological polar surface area (TPSA) is 30.7 Å². The van der Waals surface area contributed by atoms with E-state index in [-0.39, 0.29) is 0 Å². The van der Waals surface area contributed by atoms with Crippen LogP contribution in [0.25, 0.3) is 82.4 Å². The molecule has 0 spiro atoms. The minimum absolute atomic E-state index is 1.11. The first-order chi connectivity index (χ1) is 22.3. The third-order valence-electron chi connectivity index (χ3n) is 8.97. The molecule has 0 unspecified atom stereocenters. The van der Waals surface area contributed by atoms with Gasteiger partial charge in [0, 0.05) is 52.4 Å². The Kier molecular flexibility index (Phi) is 5.82. The normalized spacial score (nSPS) is 11.6. The van der Waals surface area contributed by atoms with Crippen LogP contribution in [-0.4, -0.2) is 14.5 Å². The lowest BCUT2D eigenvalue weighted by atomic mass is 9.92. The maximum atomic E-state index is 4.46. The number of hydrogen-bond acceptors (Lipinski definition) is 2. The molecule has 0 aliphatic rings. The summed E-state index contributed by atoms with van der Waals surface area (Å²) in [7, 11) is 0. The van der Waals surface area contributed by atoms with Gasteiger partial charge in [-0.3, -0.25) is 9.97 Å². The number of para-hydroxylation sites is 1. The predicted octanol–water partition coefficient (Wildman–Crippen LogP) is 10.9. The Morgan fingerprint density at radius 3 is 1.60 bits per heavy atom. The fourth-order valence-electron chi connectivity index (χ4n) is 6.99. The van der Waals surface area contributed by atoms with E-state index in [0.29, 0.717) is 0 Å². The third kappa shape index (κ3) is 4.05. The van der Waals surface area contributed by atoms with Gasteiger partial charge in [-0.05, 0) is 80.2 Å². The highest BCUT2D eigenvalue weighted by atomic mass is 15.0. The van der Waals surface area contributed by atoms with Crippen molar-refractivity contribution in [1.82, 2.24) is 14.5 Å². The highest BCUT2D eigenvalue weighted by molar-refractivity contribution is 6.24. The van der Waals surface area contributed by atoms with Gasteiger partial charge < -0.3 is 4.57 Å². The Bertz CT molecular complexity index is 2510. The van der Waals surface area contributed by atoms with Crippen molar-refractivity contribution in [3.63, 3.8) is 0 Å². The van der Waals surface area contributed by atoms with Gasteiger partial charge in [0.05, 0.1) is 11.0 Å². The molecular weight excluding hydrogens is 546 g/mol. The minimum Gasteiger partial charge on any atom is -0.309 e. The molecule has 9 rings (SSSR count). The van der Waals surface area contributed by atoms with Crippen molar-refractivity contribution in [1.29, 1.82) is 0 Å². The molecule has 0 radical (unpaired) electrons. The summed E-state index contributed by atoms with van der Waals surface area (Å²) in [6.07, 6.45) is 7.56. The van der Waals surface area contributed by atoms with Crippen molar-refractivity contribution in [3.8, 4) is 39.1 Å². The van der Waals surface area contributed by atoms with E-state index in [4.69, 9.17) is 0 Å². The summed E-state index contributed by atoms with van der Waals surface area (Å²) in [6, 6.07) is 50.2. The lowest BCUT2D eigenvalue weighted by molar-refractivity contribution is 1.18. The summed E-state index contributed by atoms with van der Waals surface area (Å²) in [5.74, 6) is 0. The fraction of sp³-hybridized carbons (Fsp3) is 0. The van der Waals surface area contributed by atoms with Crippen LogP contribution in [0.4, 0.5) is 0 Å². The summed E-state index contributed by atoms with van der Waals surface area (Å²) in [5, 5.41) is 7.42. The van der Waals surface area contributed by atoms with Gasteiger partial charge in [0.15, 0.2) is 0 Å². The van der Waals surface area contributed by atoms with Crippen LogP contribution in [-0.2, 0) is 0 Å². The van der Waals surface area contributed by atoms with E-state index in [0.717, 1.165) is 16.8 Å². The maximum Gasteiger partial charge on any atom is 0.0553 e.